The van der Waals surface area contributed by atoms with Gasteiger partial charge in [0.2, 0.25) is 0 Å². The molecule has 0 saturated heterocycles. The molecule has 0 unspecified atom stereocenters. The van der Waals surface area contributed by atoms with E-state index in [2.05, 4.69) is 20.9 Å². The standard InChI is InChI=1S/C14H13BrN2O/c1-10-5-7-11(8-6-10)17(2)14(18)13-12(15)4-3-9-16-13/h3-9H,1-2H3. The van der Waals surface area contributed by atoms with Crippen LogP contribution in [0.4, 0.5) is 5.69 Å². The average molecular weight is 305 g/mol. The highest BCUT2D eigenvalue weighted by Gasteiger charge is 2.17. The van der Waals surface area contributed by atoms with Crippen molar-refractivity contribution in [3.63, 3.8) is 0 Å². The summed E-state index contributed by atoms with van der Waals surface area (Å²) in [6, 6.07) is 11.4. The summed E-state index contributed by atoms with van der Waals surface area (Å²) in [6.07, 6.45) is 1.61. The molecule has 0 atom stereocenters. The first kappa shape index (κ1) is 12.8. The summed E-state index contributed by atoms with van der Waals surface area (Å²) in [5.41, 5.74) is 2.43. The number of pyridine rings is 1. The molecule has 3 nitrogen and oxygen atoms in total. The lowest BCUT2D eigenvalue weighted by atomic mass is 10.2. The van der Waals surface area contributed by atoms with Crippen molar-refractivity contribution in [1.29, 1.82) is 0 Å². The molecule has 0 bridgehead atoms. The van der Waals surface area contributed by atoms with E-state index in [1.807, 2.05) is 37.3 Å². The van der Waals surface area contributed by atoms with Crippen molar-refractivity contribution in [2.24, 2.45) is 0 Å². The van der Waals surface area contributed by atoms with Crippen molar-refractivity contribution in [3.05, 3.63) is 58.3 Å². The van der Waals surface area contributed by atoms with Crippen molar-refractivity contribution >= 4 is 27.5 Å². The Morgan fingerprint density at radius 3 is 2.50 bits per heavy atom. The van der Waals surface area contributed by atoms with Gasteiger partial charge in [0.25, 0.3) is 5.91 Å². The molecule has 1 heterocycles. The van der Waals surface area contributed by atoms with E-state index in [1.54, 1.807) is 24.2 Å². The second-order valence-electron chi connectivity index (χ2n) is 4.03. The normalized spacial score (nSPS) is 10.2. The SMILES string of the molecule is Cc1ccc(N(C)C(=O)c2ncccc2Br)cc1. The molecule has 0 spiro atoms. The van der Waals surface area contributed by atoms with Crippen LogP contribution in [0.25, 0.3) is 0 Å². The van der Waals surface area contributed by atoms with Gasteiger partial charge in [-0.05, 0) is 47.1 Å². The number of aromatic nitrogens is 1. The average Bonchev–Trinajstić information content (AvgIpc) is 2.38. The first-order valence-corrected chi connectivity index (χ1v) is 6.34. The highest BCUT2D eigenvalue weighted by Crippen LogP contribution is 2.19. The number of amides is 1. The van der Waals surface area contributed by atoms with Crippen LogP contribution in [0, 0.1) is 6.92 Å². The van der Waals surface area contributed by atoms with Crippen LogP contribution in [0.3, 0.4) is 0 Å². The smallest absolute Gasteiger partial charge is 0.277 e. The van der Waals surface area contributed by atoms with Crippen molar-refractivity contribution in [2.75, 3.05) is 11.9 Å². The van der Waals surface area contributed by atoms with Crippen LogP contribution >= 0.6 is 15.9 Å². The molecule has 0 radical (unpaired) electrons. The van der Waals surface area contributed by atoms with Gasteiger partial charge in [0, 0.05) is 23.4 Å². The van der Waals surface area contributed by atoms with Gasteiger partial charge in [-0.15, -0.1) is 0 Å². The van der Waals surface area contributed by atoms with Gasteiger partial charge in [0.05, 0.1) is 0 Å². The van der Waals surface area contributed by atoms with Crippen LogP contribution in [-0.4, -0.2) is 17.9 Å². The van der Waals surface area contributed by atoms with Crippen LogP contribution in [0.2, 0.25) is 0 Å². The number of benzene rings is 1. The predicted molar refractivity (Wildman–Crippen MR) is 75.8 cm³/mol. The van der Waals surface area contributed by atoms with Gasteiger partial charge < -0.3 is 4.90 Å². The van der Waals surface area contributed by atoms with Gasteiger partial charge in [-0.1, -0.05) is 17.7 Å². The third-order valence-electron chi connectivity index (χ3n) is 2.69. The van der Waals surface area contributed by atoms with E-state index in [1.165, 1.54) is 5.56 Å². The second kappa shape index (κ2) is 5.31. The summed E-state index contributed by atoms with van der Waals surface area (Å²) in [5.74, 6) is -0.133. The van der Waals surface area contributed by atoms with Crippen LogP contribution in [0.5, 0.6) is 0 Å². The van der Waals surface area contributed by atoms with E-state index in [4.69, 9.17) is 0 Å². The highest BCUT2D eigenvalue weighted by molar-refractivity contribution is 9.10. The molecule has 0 aliphatic rings. The molecule has 0 aliphatic heterocycles. The number of anilines is 1. The van der Waals surface area contributed by atoms with Crippen LogP contribution in [-0.2, 0) is 0 Å². The number of carbonyl (C=O) groups is 1. The fraction of sp³-hybridized carbons (Fsp3) is 0.143. The van der Waals surface area contributed by atoms with Gasteiger partial charge in [0.15, 0.2) is 0 Å². The van der Waals surface area contributed by atoms with E-state index in [-0.39, 0.29) is 5.91 Å². The van der Waals surface area contributed by atoms with Crippen molar-refractivity contribution in [1.82, 2.24) is 4.98 Å². The first-order chi connectivity index (χ1) is 8.59. The molecular weight excluding hydrogens is 292 g/mol. The fourth-order valence-corrected chi connectivity index (χ4v) is 2.01. The molecule has 92 valence electrons. The first-order valence-electron chi connectivity index (χ1n) is 5.55. The zero-order chi connectivity index (χ0) is 13.1. The number of nitrogens with zero attached hydrogens (tertiary/aromatic N) is 2. The predicted octanol–water partition coefficient (Wildman–Crippen LogP) is 3.43. The summed E-state index contributed by atoms with van der Waals surface area (Å²) in [4.78, 5) is 18.0. The van der Waals surface area contributed by atoms with E-state index in [0.717, 1.165) is 5.69 Å². The molecule has 0 aliphatic carbocycles. The van der Waals surface area contributed by atoms with Crippen LogP contribution < -0.4 is 4.90 Å². The lowest BCUT2D eigenvalue weighted by Crippen LogP contribution is -2.27. The highest BCUT2D eigenvalue weighted by atomic mass is 79.9. The Morgan fingerprint density at radius 2 is 1.89 bits per heavy atom. The Balaban J connectivity index is 2.29. The number of rotatable bonds is 2. The molecule has 2 rings (SSSR count). The van der Waals surface area contributed by atoms with Crippen LogP contribution in [0.15, 0.2) is 47.1 Å². The van der Waals surface area contributed by atoms with Gasteiger partial charge in [-0.25, -0.2) is 4.98 Å². The number of aryl methyl sites for hydroxylation is 1. The quantitative estimate of drug-likeness (QED) is 0.851. The number of carbonyl (C=O) groups excluding carboxylic acids is 1. The molecule has 1 aromatic carbocycles. The van der Waals surface area contributed by atoms with Gasteiger partial charge in [-0.2, -0.15) is 0 Å². The van der Waals surface area contributed by atoms with E-state index < -0.39 is 0 Å². The van der Waals surface area contributed by atoms with Gasteiger partial charge in [0.1, 0.15) is 5.69 Å². The summed E-state index contributed by atoms with van der Waals surface area (Å²) in [5, 5.41) is 0. The summed E-state index contributed by atoms with van der Waals surface area (Å²) in [7, 11) is 1.74. The maximum atomic E-state index is 12.3. The minimum Gasteiger partial charge on any atom is -0.310 e. The zero-order valence-corrected chi connectivity index (χ0v) is 11.8. The largest absolute Gasteiger partial charge is 0.310 e. The molecule has 0 saturated carbocycles. The number of hydrogen-bond acceptors (Lipinski definition) is 2. The Labute approximate surface area is 115 Å². The Bertz CT molecular complexity index is 566. The third-order valence-corrected chi connectivity index (χ3v) is 3.33. The van der Waals surface area contributed by atoms with E-state index >= 15 is 0 Å². The molecule has 1 amide bonds. The van der Waals surface area contributed by atoms with Crippen LogP contribution in [0.1, 0.15) is 16.1 Å². The van der Waals surface area contributed by atoms with Crippen molar-refractivity contribution in [2.45, 2.75) is 6.92 Å². The van der Waals surface area contributed by atoms with E-state index in [0.29, 0.717) is 10.2 Å². The minimum absolute atomic E-state index is 0.133. The number of halogens is 1. The minimum atomic E-state index is -0.133. The van der Waals surface area contributed by atoms with Crippen molar-refractivity contribution < 1.29 is 4.79 Å². The molecule has 1 aromatic heterocycles. The lowest BCUT2D eigenvalue weighted by molar-refractivity contribution is 0.0987. The summed E-state index contributed by atoms with van der Waals surface area (Å²) < 4.78 is 0.703. The summed E-state index contributed by atoms with van der Waals surface area (Å²) in [6.45, 7) is 2.01. The van der Waals surface area contributed by atoms with Gasteiger partial charge >= 0.3 is 0 Å². The lowest BCUT2D eigenvalue weighted by Gasteiger charge is -2.17. The van der Waals surface area contributed by atoms with E-state index in [9.17, 15) is 4.79 Å². The summed E-state index contributed by atoms with van der Waals surface area (Å²) >= 11 is 3.34. The molecule has 18 heavy (non-hydrogen) atoms. The maximum absolute atomic E-state index is 12.3. The Hall–Kier alpha value is -1.68. The Morgan fingerprint density at radius 1 is 1.22 bits per heavy atom. The second-order valence-corrected chi connectivity index (χ2v) is 4.89. The number of hydrogen-bond donors (Lipinski definition) is 0. The monoisotopic (exact) mass is 304 g/mol. The maximum Gasteiger partial charge on any atom is 0.277 e. The Kier molecular flexibility index (Phi) is 3.77. The fourth-order valence-electron chi connectivity index (χ4n) is 1.59. The third kappa shape index (κ3) is 2.59. The zero-order valence-electron chi connectivity index (χ0n) is 10.2. The van der Waals surface area contributed by atoms with Crippen molar-refractivity contribution in [3.8, 4) is 0 Å². The molecule has 4 heteroatoms. The van der Waals surface area contributed by atoms with Gasteiger partial charge in [-0.3, -0.25) is 4.79 Å². The molecule has 2 aromatic rings. The molecule has 0 N–H and O–H groups in total. The topological polar surface area (TPSA) is 33.2 Å². The molecular formula is C14H13BrN2O. The molecule has 0 fully saturated rings.